The summed E-state index contributed by atoms with van der Waals surface area (Å²) in [5.74, 6) is -0.403. The average Bonchev–Trinajstić information content (AvgIpc) is 3.22. The Labute approximate surface area is 156 Å². The second kappa shape index (κ2) is 8.27. The van der Waals surface area contributed by atoms with Crippen LogP contribution in [0.4, 0.5) is 0 Å². The molecule has 1 atom stereocenters. The first-order valence-corrected chi connectivity index (χ1v) is 10.3. The van der Waals surface area contributed by atoms with E-state index >= 15 is 0 Å². The largest absolute Gasteiger partial charge is 0.350 e. The second-order valence-electron chi connectivity index (χ2n) is 5.60. The van der Waals surface area contributed by atoms with E-state index in [9.17, 15) is 13.2 Å². The van der Waals surface area contributed by atoms with Crippen molar-refractivity contribution in [2.24, 2.45) is 0 Å². The molecule has 1 amide bonds. The van der Waals surface area contributed by atoms with Crippen molar-refractivity contribution in [3.8, 4) is 0 Å². The molecule has 3 aromatic rings. The highest BCUT2D eigenvalue weighted by molar-refractivity contribution is 7.91. The number of carbonyl (C=O) groups is 1. The van der Waals surface area contributed by atoms with E-state index in [1.54, 1.807) is 35.7 Å². The van der Waals surface area contributed by atoms with Crippen molar-refractivity contribution < 1.29 is 13.2 Å². The van der Waals surface area contributed by atoms with E-state index in [-0.39, 0.29) is 4.21 Å². The summed E-state index contributed by atoms with van der Waals surface area (Å²) in [5.41, 5.74) is 1.52. The summed E-state index contributed by atoms with van der Waals surface area (Å²) in [4.78, 5) is 12.7. The number of benzene rings is 2. The summed E-state index contributed by atoms with van der Waals surface area (Å²) in [6, 6.07) is 20.4. The lowest BCUT2D eigenvalue weighted by Gasteiger charge is -2.18. The molecule has 5 nitrogen and oxygen atoms in total. The molecule has 1 aromatic heterocycles. The van der Waals surface area contributed by atoms with Gasteiger partial charge in [0.25, 0.3) is 10.0 Å². The van der Waals surface area contributed by atoms with E-state index < -0.39 is 22.0 Å². The maximum absolute atomic E-state index is 12.7. The molecule has 134 valence electrons. The van der Waals surface area contributed by atoms with Crippen LogP contribution in [0.25, 0.3) is 0 Å². The molecule has 0 spiro atoms. The summed E-state index contributed by atoms with van der Waals surface area (Å²) < 4.78 is 27.8. The number of hydrogen-bond donors (Lipinski definition) is 2. The van der Waals surface area contributed by atoms with E-state index in [1.165, 1.54) is 6.07 Å². The normalized spacial score (nSPS) is 12.5. The van der Waals surface area contributed by atoms with Crippen molar-refractivity contribution in [2.75, 3.05) is 0 Å². The van der Waals surface area contributed by atoms with E-state index in [4.69, 9.17) is 0 Å². The number of carbonyl (C=O) groups excluding carboxylic acids is 1. The van der Waals surface area contributed by atoms with Crippen LogP contribution in [0.5, 0.6) is 0 Å². The van der Waals surface area contributed by atoms with Gasteiger partial charge in [-0.3, -0.25) is 4.79 Å². The molecule has 0 aliphatic heterocycles. The fourth-order valence-electron chi connectivity index (χ4n) is 2.44. The van der Waals surface area contributed by atoms with Gasteiger partial charge in [-0.15, -0.1) is 11.3 Å². The Morgan fingerprint density at radius 1 is 0.923 bits per heavy atom. The predicted octanol–water partition coefficient (Wildman–Crippen LogP) is 3.08. The summed E-state index contributed by atoms with van der Waals surface area (Å²) >= 11 is 1.11. The van der Waals surface area contributed by atoms with Gasteiger partial charge in [-0.1, -0.05) is 66.7 Å². The van der Waals surface area contributed by atoms with Crippen molar-refractivity contribution in [3.05, 3.63) is 89.3 Å². The number of rotatable bonds is 7. The Morgan fingerprint density at radius 2 is 1.58 bits per heavy atom. The van der Waals surface area contributed by atoms with Crippen molar-refractivity contribution in [1.82, 2.24) is 10.0 Å². The van der Waals surface area contributed by atoms with Crippen LogP contribution in [-0.4, -0.2) is 14.3 Å². The molecule has 0 aliphatic carbocycles. The third-order valence-electron chi connectivity index (χ3n) is 3.74. The van der Waals surface area contributed by atoms with Crippen molar-refractivity contribution in [1.29, 1.82) is 0 Å². The molecule has 0 bridgehead atoms. The summed E-state index contributed by atoms with van der Waals surface area (Å²) in [6.07, 6.45) is 0. The molecular weight excluding hydrogens is 368 g/mol. The quantitative estimate of drug-likeness (QED) is 0.655. The molecule has 2 aromatic carbocycles. The van der Waals surface area contributed by atoms with Crippen LogP contribution in [0.1, 0.15) is 17.2 Å². The predicted molar refractivity (Wildman–Crippen MR) is 102 cm³/mol. The lowest BCUT2D eigenvalue weighted by Crippen LogP contribution is -2.39. The summed E-state index contributed by atoms with van der Waals surface area (Å²) in [6.45, 7) is 0.323. The fraction of sp³-hybridized carbons (Fsp3) is 0.105. The lowest BCUT2D eigenvalue weighted by molar-refractivity contribution is -0.123. The van der Waals surface area contributed by atoms with Crippen molar-refractivity contribution >= 4 is 27.3 Å². The van der Waals surface area contributed by atoms with Gasteiger partial charge in [0.15, 0.2) is 0 Å². The Kier molecular flexibility index (Phi) is 5.82. The average molecular weight is 386 g/mol. The van der Waals surface area contributed by atoms with Crippen LogP contribution in [0.15, 0.2) is 82.4 Å². The topological polar surface area (TPSA) is 75.3 Å². The van der Waals surface area contributed by atoms with E-state index in [1.807, 2.05) is 36.4 Å². The number of amides is 1. The van der Waals surface area contributed by atoms with Gasteiger partial charge in [-0.2, -0.15) is 4.72 Å². The van der Waals surface area contributed by atoms with Gasteiger partial charge in [0.1, 0.15) is 10.3 Å². The SMILES string of the molecule is O=C(NCc1ccccc1)[C@@H](NS(=O)(=O)c1cccs1)c1ccccc1. The molecular formula is C19H18N2O3S2. The van der Waals surface area contributed by atoms with Crippen LogP contribution in [-0.2, 0) is 21.4 Å². The highest BCUT2D eigenvalue weighted by Crippen LogP contribution is 2.21. The van der Waals surface area contributed by atoms with Crippen molar-refractivity contribution in [3.63, 3.8) is 0 Å². The molecule has 7 heteroatoms. The first kappa shape index (κ1) is 18.3. The highest BCUT2D eigenvalue weighted by Gasteiger charge is 2.27. The van der Waals surface area contributed by atoms with E-state index in [0.717, 1.165) is 16.9 Å². The molecule has 0 saturated carbocycles. The maximum Gasteiger partial charge on any atom is 0.251 e. The van der Waals surface area contributed by atoms with Gasteiger partial charge < -0.3 is 5.32 Å². The zero-order chi connectivity index (χ0) is 18.4. The van der Waals surface area contributed by atoms with Crippen LogP contribution >= 0.6 is 11.3 Å². The zero-order valence-corrected chi connectivity index (χ0v) is 15.5. The van der Waals surface area contributed by atoms with E-state index in [2.05, 4.69) is 10.0 Å². The zero-order valence-electron chi connectivity index (χ0n) is 13.8. The van der Waals surface area contributed by atoms with Gasteiger partial charge in [-0.05, 0) is 22.6 Å². The van der Waals surface area contributed by atoms with Gasteiger partial charge in [-0.25, -0.2) is 8.42 Å². The van der Waals surface area contributed by atoms with Crippen LogP contribution < -0.4 is 10.0 Å². The number of thiophene rings is 1. The first-order valence-electron chi connectivity index (χ1n) is 7.99. The monoisotopic (exact) mass is 386 g/mol. The number of hydrogen-bond acceptors (Lipinski definition) is 4. The molecule has 0 unspecified atom stereocenters. The van der Waals surface area contributed by atoms with Crippen LogP contribution in [0.3, 0.4) is 0 Å². The minimum atomic E-state index is -3.78. The molecule has 0 radical (unpaired) electrons. The Balaban J connectivity index is 1.81. The van der Waals surface area contributed by atoms with Crippen LogP contribution in [0.2, 0.25) is 0 Å². The highest BCUT2D eigenvalue weighted by atomic mass is 32.2. The first-order chi connectivity index (χ1) is 12.6. The fourth-order valence-corrected chi connectivity index (χ4v) is 4.63. The molecule has 0 fully saturated rings. The van der Waals surface area contributed by atoms with Gasteiger partial charge in [0.2, 0.25) is 5.91 Å². The Morgan fingerprint density at radius 3 is 2.19 bits per heavy atom. The molecule has 0 aliphatic rings. The molecule has 2 N–H and O–H groups in total. The number of nitrogens with one attached hydrogen (secondary N) is 2. The molecule has 0 saturated heterocycles. The smallest absolute Gasteiger partial charge is 0.251 e. The second-order valence-corrected chi connectivity index (χ2v) is 8.49. The molecule has 3 rings (SSSR count). The third kappa shape index (κ3) is 4.57. The minimum Gasteiger partial charge on any atom is -0.350 e. The molecule has 1 heterocycles. The third-order valence-corrected chi connectivity index (χ3v) is 6.56. The lowest BCUT2D eigenvalue weighted by atomic mass is 10.1. The van der Waals surface area contributed by atoms with E-state index in [0.29, 0.717) is 12.1 Å². The van der Waals surface area contributed by atoms with Gasteiger partial charge in [0.05, 0.1) is 0 Å². The van der Waals surface area contributed by atoms with Crippen molar-refractivity contribution in [2.45, 2.75) is 16.8 Å². The van der Waals surface area contributed by atoms with Crippen LogP contribution in [0, 0.1) is 0 Å². The minimum absolute atomic E-state index is 0.175. The number of sulfonamides is 1. The standard InChI is InChI=1S/C19H18N2O3S2/c22-19(20-14-15-8-3-1-4-9-15)18(16-10-5-2-6-11-16)21-26(23,24)17-12-7-13-25-17/h1-13,18,21H,14H2,(H,20,22)/t18-/m0/s1. The van der Waals surface area contributed by atoms with Gasteiger partial charge >= 0.3 is 0 Å². The maximum atomic E-state index is 12.7. The molecule has 26 heavy (non-hydrogen) atoms. The Bertz CT molecular complexity index is 941. The van der Waals surface area contributed by atoms with Gasteiger partial charge in [0, 0.05) is 6.54 Å². The summed E-state index contributed by atoms with van der Waals surface area (Å²) in [5, 5.41) is 4.49. The Hall–Kier alpha value is -2.48. The summed E-state index contributed by atoms with van der Waals surface area (Å²) in [7, 11) is -3.78.